The molecule has 1 amide bonds. The van der Waals surface area contributed by atoms with Crippen molar-refractivity contribution in [1.29, 1.82) is 0 Å². The molecule has 8 heteroatoms. The van der Waals surface area contributed by atoms with Crippen molar-refractivity contribution in [1.82, 2.24) is 10.6 Å². The Kier molecular flexibility index (Phi) is 9.09. The lowest BCUT2D eigenvalue weighted by molar-refractivity contribution is -0.122. The number of benzene rings is 2. The number of anilines is 1. The van der Waals surface area contributed by atoms with Crippen LogP contribution in [0.3, 0.4) is 0 Å². The number of rotatable bonds is 8. The largest absolute Gasteiger partial charge is 0.339 e. The predicted molar refractivity (Wildman–Crippen MR) is 124 cm³/mol. The van der Waals surface area contributed by atoms with E-state index in [9.17, 15) is 4.79 Å². The second-order valence-electron chi connectivity index (χ2n) is 6.48. The molecule has 2 rings (SSSR count). The molecule has 0 bridgehead atoms. The van der Waals surface area contributed by atoms with E-state index in [1.165, 1.54) is 0 Å². The highest BCUT2D eigenvalue weighted by Gasteiger charge is 2.34. The summed E-state index contributed by atoms with van der Waals surface area (Å²) in [7, 11) is 0. The lowest BCUT2D eigenvalue weighted by atomic mass is 10.1. The van der Waals surface area contributed by atoms with E-state index in [2.05, 4.69) is 22.9 Å². The van der Waals surface area contributed by atoms with Crippen molar-refractivity contribution in [2.45, 2.75) is 49.0 Å². The van der Waals surface area contributed by atoms with E-state index in [4.69, 9.17) is 47.0 Å². The lowest BCUT2D eigenvalue weighted by Gasteiger charge is -2.28. The molecule has 0 heterocycles. The average Bonchev–Trinajstić information content (AvgIpc) is 2.64. The van der Waals surface area contributed by atoms with Gasteiger partial charge in [-0.25, -0.2) is 0 Å². The van der Waals surface area contributed by atoms with Gasteiger partial charge in [0.25, 0.3) is 0 Å². The maximum atomic E-state index is 12.2. The van der Waals surface area contributed by atoms with Gasteiger partial charge in [-0.15, -0.1) is 0 Å². The Balaban J connectivity index is 1.99. The fourth-order valence-corrected chi connectivity index (χ4v) is 3.32. The van der Waals surface area contributed by atoms with Crippen LogP contribution in [0.5, 0.6) is 0 Å². The van der Waals surface area contributed by atoms with Gasteiger partial charge in [0.05, 0.1) is 0 Å². The summed E-state index contributed by atoms with van der Waals surface area (Å²) in [4.78, 5) is 12.2. The van der Waals surface area contributed by atoms with Crippen molar-refractivity contribution in [2.75, 3.05) is 5.32 Å². The Morgan fingerprint density at radius 2 is 1.75 bits per heavy atom. The molecular formula is C20H24Cl3N3OS. The molecule has 0 aliphatic rings. The summed E-state index contributed by atoms with van der Waals surface area (Å²) in [5, 5.41) is 11.1. The number of carbonyl (C=O) groups is 1. The molecule has 0 saturated heterocycles. The zero-order valence-electron chi connectivity index (χ0n) is 15.6. The van der Waals surface area contributed by atoms with E-state index >= 15 is 0 Å². The van der Waals surface area contributed by atoms with Crippen molar-refractivity contribution >= 4 is 74.5 Å². The van der Waals surface area contributed by atoms with Gasteiger partial charge in [-0.1, -0.05) is 97.4 Å². The highest BCUT2D eigenvalue weighted by Crippen LogP contribution is 2.29. The number of thiocarbonyl (C=S) groups is 1. The maximum absolute atomic E-state index is 12.2. The Morgan fingerprint density at radius 1 is 1.04 bits per heavy atom. The molecule has 0 aromatic heterocycles. The van der Waals surface area contributed by atoms with E-state index < -0.39 is 9.96 Å². The van der Waals surface area contributed by atoms with Gasteiger partial charge in [0.1, 0.15) is 6.17 Å². The molecule has 0 radical (unpaired) electrons. The SMILES string of the molecule is CCCCCCC(=O)N[C@@H](NC(=S)Nc1cccc2ccccc12)C(Cl)(Cl)Cl. The Morgan fingerprint density at radius 3 is 2.46 bits per heavy atom. The summed E-state index contributed by atoms with van der Waals surface area (Å²) >= 11 is 23.5. The van der Waals surface area contributed by atoms with Gasteiger partial charge in [0.15, 0.2) is 5.11 Å². The number of halogens is 3. The Bertz CT molecular complexity index is 805. The summed E-state index contributed by atoms with van der Waals surface area (Å²) in [5.41, 5.74) is 0.824. The first kappa shape index (κ1) is 23.0. The van der Waals surface area contributed by atoms with Gasteiger partial charge >= 0.3 is 0 Å². The minimum absolute atomic E-state index is 0.187. The van der Waals surface area contributed by atoms with Crippen LogP contribution in [0.2, 0.25) is 0 Å². The van der Waals surface area contributed by atoms with E-state index in [1.807, 2.05) is 42.5 Å². The van der Waals surface area contributed by atoms with E-state index in [-0.39, 0.29) is 11.0 Å². The highest BCUT2D eigenvalue weighted by molar-refractivity contribution is 7.80. The number of alkyl halides is 3. The third-order valence-electron chi connectivity index (χ3n) is 4.20. The third kappa shape index (κ3) is 7.28. The number of hydrogen-bond donors (Lipinski definition) is 3. The molecule has 152 valence electrons. The maximum Gasteiger partial charge on any atom is 0.228 e. The van der Waals surface area contributed by atoms with Crippen molar-refractivity contribution in [2.24, 2.45) is 0 Å². The second-order valence-corrected chi connectivity index (χ2v) is 9.26. The van der Waals surface area contributed by atoms with Gasteiger partial charge in [0.2, 0.25) is 9.70 Å². The molecule has 0 aliphatic carbocycles. The van der Waals surface area contributed by atoms with Crippen LogP contribution >= 0.6 is 47.0 Å². The van der Waals surface area contributed by atoms with Gasteiger partial charge in [-0.2, -0.15) is 0 Å². The monoisotopic (exact) mass is 459 g/mol. The Hall–Kier alpha value is -1.27. The molecule has 2 aromatic carbocycles. The molecule has 0 fully saturated rings. The minimum atomic E-state index is -1.76. The topological polar surface area (TPSA) is 53.2 Å². The smallest absolute Gasteiger partial charge is 0.228 e. The van der Waals surface area contributed by atoms with Crippen LogP contribution < -0.4 is 16.0 Å². The molecule has 0 aliphatic heterocycles. The summed E-state index contributed by atoms with van der Waals surface area (Å²) in [6, 6.07) is 13.8. The first-order valence-corrected chi connectivity index (χ1v) is 10.8. The van der Waals surface area contributed by atoms with E-state index in [0.717, 1.165) is 42.1 Å². The number of nitrogens with one attached hydrogen (secondary N) is 3. The van der Waals surface area contributed by atoms with Crippen LogP contribution in [0.25, 0.3) is 10.8 Å². The van der Waals surface area contributed by atoms with Crippen molar-refractivity contribution in [3.8, 4) is 0 Å². The molecular weight excluding hydrogens is 437 g/mol. The van der Waals surface area contributed by atoms with Crippen LogP contribution in [0.1, 0.15) is 39.0 Å². The molecule has 3 N–H and O–H groups in total. The van der Waals surface area contributed by atoms with Gasteiger partial charge < -0.3 is 16.0 Å². The minimum Gasteiger partial charge on any atom is -0.339 e. The summed E-state index contributed by atoms with van der Waals surface area (Å²) in [6.45, 7) is 2.12. The normalized spacial score (nSPS) is 12.4. The van der Waals surface area contributed by atoms with Gasteiger partial charge in [-0.3, -0.25) is 4.79 Å². The molecule has 2 aromatic rings. The number of amides is 1. The molecule has 0 saturated carbocycles. The van der Waals surface area contributed by atoms with Crippen LogP contribution in [-0.2, 0) is 4.79 Å². The van der Waals surface area contributed by atoms with E-state index in [0.29, 0.717) is 6.42 Å². The molecule has 4 nitrogen and oxygen atoms in total. The molecule has 28 heavy (non-hydrogen) atoms. The van der Waals surface area contributed by atoms with Crippen LogP contribution in [0.15, 0.2) is 42.5 Å². The summed E-state index contributed by atoms with van der Waals surface area (Å²) < 4.78 is -1.76. The number of fused-ring (bicyclic) bond motifs is 1. The molecule has 0 unspecified atom stereocenters. The van der Waals surface area contributed by atoms with Crippen LogP contribution in [-0.4, -0.2) is 21.0 Å². The lowest BCUT2D eigenvalue weighted by Crippen LogP contribution is -2.56. The zero-order valence-corrected chi connectivity index (χ0v) is 18.7. The zero-order chi connectivity index (χ0) is 20.6. The van der Waals surface area contributed by atoms with E-state index in [1.54, 1.807) is 0 Å². The van der Waals surface area contributed by atoms with Crippen molar-refractivity contribution in [3.63, 3.8) is 0 Å². The molecule has 1 atom stereocenters. The predicted octanol–water partition coefficient (Wildman–Crippen LogP) is 5.91. The molecule has 0 spiro atoms. The Labute approximate surface area is 186 Å². The quantitative estimate of drug-likeness (QED) is 0.198. The number of hydrogen-bond acceptors (Lipinski definition) is 2. The summed E-state index contributed by atoms with van der Waals surface area (Å²) in [5.74, 6) is -0.187. The first-order valence-electron chi connectivity index (χ1n) is 9.22. The first-order chi connectivity index (χ1) is 13.3. The second kappa shape index (κ2) is 11.1. The van der Waals surface area contributed by atoms with Crippen molar-refractivity contribution < 1.29 is 4.79 Å². The van der Waals surface area contributed by atoms with Crippen molar-refractivity contribution in [3.05, 3.63) is 42.5 Å². The fourth-order valence-electron chi connectivity index (χ4n) is 2.77. The van der Waals surface area contributed by atoms with Gasteiger partial charge in [0, 0.05) is 17.5 Å². The highest BCUT2D eigenvalue weighted by atomic mass is 35.6. The van der Waals surface area contributed by atoms with Crippen LogP contribution in [0.4, 0.5) is 5.69 Å². The standard InChI is InChI=1S/C20H24Cl3N3OS/c1-2-3-4-5-13-17(27)25-18(20(21,22)23)26-19(28)24-16-12-8-10-14-9-6-7-11-15(14)16/h6-12,18H,2-5,13H2,1H3,(H,25,27)(H2,24,26,28)/t18-/m0/s1. The average molecular weight is 461 g/mol. The fraction of sp³-hybridized carbons (Fsp3) is 0.400. The number of unbranched alkanes of at least 4 members (excludes halogenated alkanes) is 3. The third-order valence-corrected chi connectivity index (χ3v) is 5.08. The van der Waals surface area contributed by atoms with Gasteiger partial charge in [-0.05, 0) is 30.1 Å². The number of carbonyl (C=O) groups excluding carboxylic acids is 1. The summed E-state index contributed by atoms with van der Waals surface area (Å²) in [6.07, 6.45) is 3.42. The van der Waals surface area contributed by atoms with Crippen LogP contribution in [0, 0.1) is 0 Å².